The maximum Gasteiger partial charge on any atom is 0.243 e. The van der Waals surface area contributed by atoms with Gasteiger partial charge in [0.25, 0.3) is 0 Å². The van der Waals surface area contributed by atoms with Gasteiger partial charge in [-0.2, -0.15) is 4.31 Å². The first-order chi connectivity index (χ1) is 12.8. The van der Waals surface area contributed by atoms with Crippen LogP contribution in [0.3, 0.4) is 0 Å². The molecule has 3 rings (SSSR count). The fourth-order valence-corrected chi connectivity index (χ4v) is 5.48. The first kappa shape index (κ1) is 23.1. The van der Waals surface area contributed by atoms with Crippen LogP contribution in [0.1, 0.15) is 43.7 Å². The number of hydrogen-bond acceptors (Lipinski definition) is 4. The Morgan fingerprint density at radius 1 is 1.14 bits per heavy atom. The number of carbonyl (C=O) groups excluding carboxylic acids is 1. The van der Waals surface area contributed by atoms with Crippen molar-refractivity contribution >= 4 is 28.3 Å². The average molecular weight is 430 g/mol. The van der Waals surface area contributed by atoms with Crippen LogP contribution < -0.4 is 10.6 Å². The highest BCUT2D eigenvalue weighted by Gasteiger charge is 2.33. The zero-order valence-electron chi connectivity index (χ0n) is 16.9. The smallest absolute Gasteiger partial charge is 0.243 e. The van der Waals surface area contributed by atoms with Crippen molar-refractivity contribution in [1.82, 2.24) is 14.9 Å². The van der Waals surface area contributed by atoms with Crippen LogP contribution in [0.15, 0.2) is 23.1 Å². The van der Waals surface area contributed by atoms with Crippen LogP contribution in [-0.2, 0) is 14.8 Å². The molecule has 2 fully saturated rings. The maximum atomic E-state index is 12.9. The van der Waals surface area contributed by atoms with Crippen molar-refractivity contribution in [2.45, 2.75) is 63.4 Å². The van der Waals surface area contributed by atoms with Crippen molar-refractivity contribution in [3.05, 3.63) is 29.3 Å². The van der Waals surface area contributed by atoms with Gasteiger partial charge in [0.1, 0.15) is 0 Å². The van der Waals surface area contributed by atoms with E-state index in [0.717, 1.165) is 30.5 Å². The van der Waals surface area contributed by atoms with Crippen LogP contribution in [-0.4, -0.2) is 50.3 Å². The summed E-state index contributed by atoms with van der Waals surface area (Å²) in [4.78, 5) is 13.0. The zero-order valence-corrected chi connectivity index (χ0v) is 18.5. The van der Waals surface area contributed by atoms with E-state index in [9.17, 15) is 13.2 Å². The molecule has 2 saturated heterocycles. The van der Waals surface area contributed by atoms with E-state index in [0.29, 0.717) is 30.8 Å². The second-order valence-corrected chi connectivity index (χ2v) is 9.86. The molecular weight excluding hydrogens is 398 g/mol. The summed E-state index contributed by atoms with van der Waals surface area (Å²) in [6.07, 6.45) is 3.22. The summed E-state index contributed by atoms with van der Waals surface area (Å²) in [5, 5.41) is 6.56. The van der Waals surface area contributed by atoms with Gasteiger partial charge < -0.3 is 10.6 Å². The van der Waals surface area contributed by atoms with Crippen molar-refractivity contribution in [3.8, 4) is 0 Å². The number of piperidine rings is 2. The molecule has 0 saturated carbocycles. The Morgan fingerprint density at radius 3 is 2.43 bits per heavy atom. The zero-order chi connectivity index (χ0) is 19.6. The summed E-state index contributed by atoms with van der Waals surface area (Å²) in [5.74, 6) is -0.0379. The molecule has 2 N–H and O–H groups in total. The molecule has 2 aliphatic heterocycles. The minimum Gasteiger partial charge on any atom is -0.352 e. The predicted molar refractivity (Wildman–Crippen MR) is 113 cm³/mol. The van der Waals surface area contributed by atoms with E-state index in [1.165, 1.54) is 4.31 Å². The minimum atomic E-state index is -3.49. The summed E-state index contributed by atoms with van der Waals surface area (Å²) >= 11 is 0. The molecule has 2 atom stereocenters. The van der Waals surface area contributed by atoms with E-state index >= 15 is 0 Å². The van der Waals surface area contributed by atoms with Gasteiger partial charge >= 0.3 is 0 Å². The Balaban J connectivity index is 0.00000280. The first-order valence-electron chi connectivity index (χ1n) is 9.90. The molecule has 0 aliphatic carbocycles. The lowest BCUT2D eigenvalue weighted by Crippen LogP contribution is -2.54. The Labute approximate surface area is 174 Å². The number of rotatable bonds is 4. The van der Waals surface area contributed by atoms with E-state index in [-0.39, 0.29) is 36.3 Å². The highest BCUT2D eigenvalue weighted by Crippen LogP contribution is 2.25. The van der Waals surface area contributed by atoms with Crippen LogP contribution in [0.4, 0.5) is 0 Å². The molecule has 0 radical (unpaired) electrons. The van der Waals surface area contributed by atoms with E-state index < -0.39 is 10.0 Å². The van der Waals surface area contributed by atoms with Crippen LogP contribution in [0.2, 0.25) is 0 Å². The van der Waals surface area contributed by atoms with Gasteiger partial charge in [-0.3, -0.25) is 4.79 Å². The molecule has 2 aliphatic rings. The first-order valence-corrected chi connectivity index (χ1v) is 11.3. The van der Waals surface area contributed by atoms with Gasteiger partial charge in [-0.25, -0.2) is 8.42 Å². The molecular formula is C20H32ClN3O3S. The fourth-order valence-electron chi connectivity index (χ4n) is 3.92. The molecule has 6 nitrogen and oxygen atoms in total. The van der Waals surface area contributed by atoms with Crippen molar-refractivity contribution < 1.29 is 13.2 Å². The Hall–Kier alpha value is -1.15. The third-order valence-corrected chi connectivity index (χ3v) is 7.92. The molecule has 1 aromatic rings. The van der Waals surface area contributed by atoms with E-state index in [1.54, 1.807) is 12.1 Å². The topological polar surface area (TPSA) is 78.5 Å². The summed E-state index contributed by atoms with van der Waals surface area (Å²) in [7, 11) is -3.49. The summed E-state index contributed by atoms with van der Waals surface area (Å²) in [6, 6.07) is 5.72. The Kier molecular flexibility index (Phi) is 7.90. The van der Waals surface area contributed by atoms with Gasteiger partial charge in [0, 0.05) is 31.1 Å². The highest BCUT2D eigenvalue weighted by atomic mass is 35.5. The second-order valence-electron chi connectivity index (χ2n) is 7.92. The standard InChI is InChI=1S/C20H31N3O3S.ClH/c1-14-6-7-18(13-15(14)2)27(25,26)23-11-8-17(9-12-23)20(24)22-19-5-4-10-21-16(19)3;/h6-7,13,16-17,19,21H,4-5,8-12H2,1-3H3,(H,22,24);1H. The SMILES string of the molecule is Cc1ccc(S(=O)(=O)N2CCC(C(=O)NC3CCCNC3C)CC2)cc1C.Cl. The minimum absolute atomic E-state index is 0. The normalized spacial score (nSPS) is 24.4. The van der Waals surface area contributed by atoms with Crippen molar-refractivity contribution in [3.63, 3.8) is 0 Å². The number of nitrogens with zero attached hydrogens (tertiary/aromatic N) is 1. The van der Waals surface area contributed by atoms with E-state index in [4.69, 9.17) is 0 Å². The largest absolute Gasteiger partial charge is 0.352 e. The number of aryl methyl sites for hydroxylation is 2. The molecule has 158 valence electrons. The lowest BCUT2D eigenvalue weighted by Gasteiger charge is -2.34. The van der Waals surface area contributed by atoms with Crippen LogP contribution in [0.5, 0.6) is 0 Å². The van der Waals surface area contributed by atoms with Gasteiger partial charge in [-0.1, -0.05) is 6.07 Å². The second kappa shape index (κ2) is 9.57. The van der Waals surface area contributed by atoms with Crippen LogP contribution in [0.25, 0.3) is 0 Å². The van der Waals surface area contributed by atoms with Crippen molar-refractivity contribution in [2.75, 3.05) is 19.6 Å². The third-order valence-electron chi connectivity index (χ3n) is 6.03. The third kappa shape index (κ3) is 5.06. The molecule has 2 unspecified atom stereocenters. The molecule has 28 heavy (non-hydrogen) atoms. The molecule has 0 spiro atoms. The fraction of sp³-hybridized carbons (Fsp3) is 0.650. The predicted octanol–water partition coefficient (Wildman–Crippen LogP) is 2.38. The monoisotopic (exact) mass is 429 g/mol. The number of amides is 1. The highest BCUT2D eigenvalue weighted by molar-refractivity contribution is 7.89. The number of halogens is 1. The number of nitrogens with one attached hydrogen (secondary N) is 2. The van der Waals surface area contributed by atoms with Gasteiger partial charge in [0.2, 0.25) is 15.9 Å². The molecule has 0 bridgehead atoms. The molecule has 8 heteroatoms. The van der Waals surface area contributed by atoms with Gasteiger partial charge in [0.15, 0.2) is 0 Å². The maximum absolute atomic E-state index is 12.9. The Morgan fingerprint density at radius 2 is 1.82 bits per heavy atom. The molecule has 2 heterocycles. The lowest BCUT2D eigenvalue weighted by molar-refractivity contribution is -0.127. The number of sulfonamides is 1. The number of hydrogen-bond donors (Lipinski definition) is 2. The summed E-state index contributed by atoms with van der Waals surface area (Å²) in [6.45, 7) is 7.79. The number of carbonyl (C=O) groups is 1. The molecule has 0 aromatic heterocycles. The quantitative estimate of drug-likeness (QED) is 0.770. The number of benzene rings is 1. The molecule has 1 amide bonds. The average Bonchev–Trinajstić information content (AvgIpc) is 2.65. The summed E-state index contributed by atoms with van der Waals surface area (Å²) in [5.41, 5.74) is 2.05. The lowest BCUT2D eigenvalue weighted by atomic mass is 9.94. The molecule has 1 aromatic carbocycles. The van der Waals surface area contributed by atoms with Crippen LogP contribution >= 0.6 is 12.4 Å². The van der Waals surface area contributed by atoms with Crippen LogP contribution in [0, 0.1) is 19.8 Å². The summed E-state index contributed by atoms with van der Waals surface area (Å²) < 4.78 is 27.3. The van der Waals surface area contributed by atoms with Gasteiger partial charge in [0.05, 0.1) is 4.90 Å². The van der Waals surface area contributed by atoms with E-state index in [1.807, 2.05) is 19.9 Å². The van der Waals surface area contributed by atoms with E-state index in [2.05, 4.69) is 17.6 Å². The van der Waals surface area contributed by atoms with Crippen molar-refractivity contribution in [1.29, 1.82) is 0 Å². The Bertz CT molecular complexity index is 792. The van der Waals surface area contributed by atoms with Gasteiger partial charge in [-0.15, -0.1) is 12.4 Å². The van der Waals surface area contributed by atoms with Gasteiger partial charge in [-0.05, 0) is 76.3 Å². The van der Waals surface area contributed by atoms with Crippen molar-refractivity contribution in [2.24, 2.45) is 5.92 Å².